The molecule has 2 fully saturated rings. The molecule has 0 bridgehead atoms. The summed E-state index contributed by atoms with van der Waals surface area (Å²) in [6.45, 7) is 6.53. The van der Waals surface area contributed by atoms with Gasteiger partial charge in [-0.15, -0.1) is 0 Å². The predicted octanol–water partition coefficient (Wildman–Crippen LogP) is 1.65. The number of hydrogen-bond acceptors (Lipinski definition) is 4. The van der Waals surface area contributed by atoms with Crippen molar-refractivity contribution in [3.8, 4) is 0 Å². The van der Waals surface area contributed by atoms with E-state index in [2.05, 4.69) is 17.4 Å². The van der Waals surface area contributed by atoms with E-state index in [-0.39, 0.29) is 17.4 Å². The fourth-order valence-corrected chi connectivity index (χ4v) is 3.19. The fraction of sp³-hybridized carbons (Fsp3) is 0.714. The molecule has 1 amide bonds. The molecule has 1 aromatic rings. The van der Waals surface area contributed by atoms with Crippen LogP contribution in [0.5, 0.6) is 0 Å². The topological polar surface area (TPSA) is 58.4 Å². The maximum atomic E-state index is 12.8. The number of nitrogens with zero attached hydrogens (tertiary/aromatic N) is 2. The number of hydrogen-bond donors (Lipinski definition) is 1. The number of aromatic nitrogens is 1. The minimum atomic E-state index is -0.252. The lowest BCUT2D eigenvalue weighted by Gasteiger charge is -2.31. The van der Waals surface area contributed by atoms with Crippen LogP contribution in [0.25, 0.3) is 0 Å². The lowest BCUT2D eigenvalue weighted by Crippen LogP contribution is -2.43. The van der Waals surface area contributed by atoms with Crippen molar-refractivity contribution >= 4 is 5.91 Å². The molecule has 0 radical (unpaired) electrons. The summed E-state index contributed by atoms with van der Waals surface area (Å²) in [5.41, 5.74) is 0.625. The molecule has 2 atom stereocenters. The molecule has 19 heavy (non-hydrogen) atoms. The summed E-state index contributed by atoms with van der Waals surface area (Å²) in [6.07, 6.45) is 2.94. The molecule has 5 heteroatoms. The van der Waals surface area contributed by atoms with Crippen LogP contribution < -0.4 is 5.32 Å². The van der Waals surface area contributed by atoms with Crippen molar-refractivity contribution in [2.45, 2.75) is 39.2 Å². The first-order valence-electron chi connectivity index (χ1n) is 7.05. The van der Waals surface area contributed by atoms with E-state index in [0.29, 0.717) is 0 Å². The second-order valence-corrected chi connectivity index (χ2v) is 6.01. The number of carbonyl (C=O) groups is 1. The molecular weight excluding hydrogens is 242 g/mol. The van der Waals surface area contributed by atoms with Crippen molar-refractivity contribution in [3.63, 3.8) is 0 Å². The first kappa shape index (κ1) is 12.7. The van der Waals surface area contributed by atoms with Gasteiger partial charge in [0.15, 0.2) is 5.76 Å². The first-order valence-corrected chi connectivity index (χ1v) is 7.05. The smallest absolute Gasteiger partial charge is 0.230 e. The number of carbonyl (C=O) groups excluding carboxylic acids is 1. The second-order valence-electron chi connectivity index (χ2n) is 6.01. The number of amides is 1. The second kappa shape index (κ2) is 4.63. The van der Waals surface area contributed by atoms with Crippen LogP contribution in [0, 0.1) is 12.3 Å². The Morgan fingerprint density at radius 3 is 3.11 bits per heavy atom. The van der Waals surface area contributed by atoms with Crippen molar-refractivity contribution in [2.75, 3.05) is 19.6 Å². The Morgan fingerprint density at radius 2 is 2.47 bits per heavy atom. The Morgan fingerprint density at radius 1 is 1.63 bits per heavy atom. The highest BCUT2D eigenvalue weighted by molar-refractivity contribution is 5.83. The van der Waals surface area contributed by atoms with Crippen molar-refractivity contribution in [1.29, 1.82) is 0 Å². The van der Waals surface area contributed by atoms with Gasteiger partial charge in [-0.2, -0.15) is 0 Å². The average molecular weight is 263 g/mol. The average Bonchev–Trinajstić information content (AvgIpc) is 3.08. The Hall–Kier alpha value is -1.36. The molecule has 0 aliphatic carbocycles. The number of aryl methyl sites for hydroxylation is 1. The molecule has 1 N–H and O–H groups in total. The zero-order chi connectivity index (χ0) is 13.5. The molecule has 2 saturated heterocycles. The standard InChI is InChI=1S/C14H21N3O2/c1-10-8-12(19-16-10)11-4-3-7-17(11)13(18)14(2)5-6-15-9-14/h8,11,15H,3-7,9H2,1-2H3. The Balaban J connectivity index is 1.81. The van der Waals surface area contributed by atoms with Crippen molar-refractivity contribution in [3.05, 3.63) is 17.5 Å². The zero-order valence-electron chi connectivity index (χ0n) is 11.6. The molecule has 1 aromatic heterocycles. The molecule has 3 heterocycles. The summed E-state index contributed by atoms with van der Waals surface area (Å²) in [4.78, 5) is 14.8. The lowest BCUT2D eigenvalue weighted by molar-refractivity contribution is -0.141. The Labute approximate surface area is 113 Å². The van der Waals surface area contributed by atoms with Crippen molar-refractivity contribution in [2.24, 2.45) is 5.41 Å². The van der Waals surface area contributed by atoms with E-state index >= 15 is 0 Å². The van der Waals surface area contributed by atoms with E-state index < -0.39 is 0 Å². The fourth-order valence-electron chi connectivity index (χ4n) is 3.19. The van der Waals surface area contributed by atoms with Gasteiger partial charge in [-0.05, 0) is 39.7 Å². The van der Waals surface area contributed by atoms with Gasteiger partial charge in [-0.1, -0.05) is 5.16 Å². The van der Waals surface area contributed by atoms with Crippen molar-refractivity contribution in [1.82, 2.24) is 15.4 Å². The summed E-state index contributed by atoms with van der Waals surface area (Å²) in [5.74, 6) is 1.09. The molecule has 2 aliphatic heterocycles. The van der Waals surface area contributed by atoms with Gasteiger partial charge in [-0.3, -0.25) is 4.79 Å². The minimum Gasteiger partial charge on any atom is -0.359 e. The molecule has 0 spiro atoms. The maximum absolute atomic E-state index is 12.8. The largest absolute Gasteiger partial charge is 0.359 e. The zero-order valence-corrected chi connectivity index (χ0v) is 11.6. The Kier molecular flexibility index (Phi) is 3.09. The van der Waals surface area contributed by atoms with Crippen LogP contribution in [-0.2, 0) is 4.79 Å². The van der Waals surface area contributed by atoms with Crippen LogP contribution >= 0.6 is 0 Å². The summed E-state index contributed by atoms with van der Waals surface area (Å²) in [5, 5.41) is 7.24. The third-order valence-electron chi connectivity index (χ3n) is 4.37. The number of rotatable bonds is 2. The summed E-state index contributed by atoms with van der Waals surface area (Å²) >= 11 is 0. The van der Waals surface area contributed by atoms with Crippen LogP contribution in [0.15, 0.2) is 10.6 Å². The van der Waals surface area contributed by atoms with Gasteiger partial charge in [0.05, 0.1) is 17.2 Å². The summed E-state index contributed by atoms with van der Waals surface area (Å²) in [6, 6.07) is 2.03. The monoisotopic (exact) mass is 263 g/mol. The van der Waals surface area contributed by atoms with Crippen LogP contribution in [0.3, 0.4) is 0 Å². The molecule has 2 aliphatic rings. The normalized spacial score (nSPS) is 31.1. The molecule has 2 unspecified atom stereocenters. The third-order valence-corrected chi connectivity index (χ3v) is 4.37. The van der Waals surface area contributed by atoms with Gasteiger partial charge >= 0.3 is 0 Å². The highest BCUT2D eigenvalue weighted by atomic mass is 16.5. The van der Waals surface area contributed by atoms with Gasteiger partial charge in [-0.25, -0.2) is 0 Å². The minimum absolute atomic E-state index is 0.0751. The van der Waals surface area contributed by atoms with E-state index in [1.165, 1.54) is 0 Å². The molecule has 104 valence electrons. The van der Waals surface area contributed by atoms with E-state index in [1.807, 2.05) is 17.9 Å². The summed E-state index contributed by atoms with van der Waals surface area (Å²) in [7, 11) is 0. The van der Waals surface area contributed by atoms with Gasteiger partial charge in [0.1, 0.15) is 0 Å². The van der Waals surface area contributed by atoms with Crippen LogP contribution in [0.4, 0.5) is 0 Å². The number of nitrogens with one attached hydrogen (secondary N) is 1. The molecule has 0 aromatic carbocycles. The van der Waals surface area contributed by atoms with Crippen LogP contribution in [0.2, 0.25) is 0 Å². The molecule has 5 nitrogen and oxygen atoms in total. The van der Waals surface area contributed by atoms with E-state index in [1.54, 1.807) is 0 Å². The summed E-state index contributed by atoms with van der Waals surface area (Å²) < 4.78 is 5.36. The van der Waals surface area contributed by atoms with E-state index in [4.69, 9.17) is 4.52 Å². The molecule has 0 saturated carbocycles. The van der Waals surface area contributed by atoms with Crippen LogP contribution in [-0.4, -0.2) is 35.6 Å². The lowest BCUT2D eigenvalue weighted by atomic mass is 9.87. The van der Waals surface area contributed by atoms with Gasteiger partial charge < -0.3 is 14.7 Å². The highest BCUT2D eigenvalue weighted by Gasteiger charge is 2.43. The van der Waals surface area contributed by atoms with Gasteiger partial charge in [0.25, 0.3) is 0 Å². The van der Waals surface area contributed by atoms with E-state index in [9.17, 15) is 4.79 Å². The number of likely N-dealkylation sites (tertiary alicyclic amines) is 1. The molecular formula is C14H21N3O2. The van der Waals surface area contributed by atoms with Crippen LogP contribution in [0.1, 0.15) is 43.7 Å². The van der Waals surface area contributed by atoms with Gasteiger partial charge in [0, 0.05) is 19.2 Å². The quantitative estimate of drug-likeness (QED) is 0.881. The predicted molar refractivity (Wildman–Crippen MR) is 70.5 cm³/mol. The van der Waals surface area contributed by atoms with E-state index in [0.717, 1.165) is 50.4 Å². The first-order chi connectivity index (χ1) is 9.10. The third kappa shape index (κ3) is 2.16. The van der Waals surface area contributed by atoms with Gasteiger partial charge in [0.2, 0.25) is 5.91 Å². The van der Waals surface area contributed by atoms with Crippen molar-refractivity contribution < 1.29 is 9.32 Å². The Bertz CT molecular complexity index is 477. The maximum Gasteiger partial charge on any atom is 0.230 e. The highest BCUT2D eigenvalue weighted by Crippen LogP contribution is 2.37. The molecule has 3 rings (SSSR count). The SMILES string of the molecule is Cc1cc(C2CCCN2C(=O)C2(C)CCNC2)on1.